The van der Waals surface area contributed by atoms with Gasteiger partial charge < -0.3 is 9.84 Å². The van der Waals surface area contributed by atoms with Crippen LogP contribution in [0.25, 0.3) is 0 Å². The van der Waals surface area contributed by atoms with Gasteiger partial charge in [-0.05, 0) is 5.56 Å². The molecule has 2 rings (SSSR count). The van der Waals surface area contributed by atoms with Crippen LogP contribution in [0.2, 0.25) is 10.0 Å². The summed E-state index contributed by atoms with van der Waals surface area (Å²) in [5.74, 6) is -0.298. The lowest BCUT2D eigenvalue weighted by Gasteiger charge is -2.21. The molecule has 2 aromatic rings. The fraction of sp³-hybridized carbons (Fsp3) is 0.200. The minimum absolute atomic E-state index is 0.0471. The molecule has 0 fully saturated rings. The van der Waals surface area contributed by atoms with Crippen LogP contribution >= 0.6 is 23.2 Å². The molecule has 0 bridgehead atoms. The maximum Gasteiger partial charge on any atom is 0.392 e. The van der Waals surface area contributed by atoms with Gasteiger partial charge in [0, 0.05) is 12.1 Å². The van der Waals surface area contributed by atoms with E-state index in [9.17, 15) is 18.3 Å². The molecule has 7 heteroatoms. The predicted octanol–water partition coefficient (Wildman–Crippen LogP) is 5.77. The maximum atomic E-state index is 12.7. The molecule has 2 aromatic carbocycles. The van der Waals surface area contributed by atoms with Crippen molar-refractivity contribution < 1.29 is 23.0 Å². The molecule has 118 valence electrons. The van der Waals surface area contributed by atoms with Crippen LogP contribution in [0.5, 0.6) is 11.5 Å². The van der Waals surface area contributed by atoms with Crippen LogP contribution in [0, 0.1) is 0 Å². The monoisotopic (exact) mass is 350 g/mol. The largest absolute Gasteiger partial charge is 0.505 e. The molecule has 1 N–H and O–H groups in total. The quantitative estimate of drug-likeness (QED) is 0.758. The van der Waals surface area contributed by atoms with Gasteiger partial charge in [0.05, 0.1) is 16.5 Å². The standard InChI is InChI=1S/C15H11Cl2F3O2/c16-11-6-10(7-12(17)14(11)21)22-13(8-15(18,19)20)9-4-2-1-3-5-9/h1-7,13,21H,8H2. The van der Waals surface area contributed by atoms with Gasteiger partial charge in [-0.25, -0.2) is 0 Å². The van der Waals surface area contributed by atoms with E-state index in [0.29, 0.717) is 5.56 Å². The van der Waals surface area contributed by atoms with Crippen LogP contribution < -0.4 is 4.74 Å². The molecule has 0 aromatic heterocycles. The third kappa shape index (κ3) is 4.45. The van der Waals surface area contributed by atoms with E-state index < -0.39 is 18.7 Å². The van der Waals surface area contributed by atoms with Crippen molar-refractivity contribution in [1.29, 1.82) is 0 Å². The molecule has 0 saturated carbocycles. The van der Waals surface area contributed by atoms with E-state index in [-0.39, 0.29) is 21.5 Å². The summed E-state index contributed by atoms with van der Waals surface area (Å²) in [6.45, 7) is 0. The molecular weight excluding hydrogens is 340 g/mol. The smallest absolute Gasteiger partial charge is 0.392 e. The van der Waals surface area contributed by atoms with E-state index in [1.54, 1.807) is 30.3 Å². The van der Waals surface area contributed by atoms with Gasteiger partial charge in [0.25, 0.3) is 0 Å². The second-order valence-electron chi connectivity index (χ2n) is 4.57. The Morgan fingerprint density at radius 3 is 2.09 bits per heavy atom. The van der Waals surface area contributed by atoms with Crippen molar-refractivity contribution in [1.82, 2.24) is 0 Å². The average molecular weight is 351 g/mol. The number of hydrogen-bond donors (Lipinski definition) is 1. The number of phenols is 1. The molecule has 1 unspecified atom stereocenters. The zero-order chi connectivity index (χ0) is 16.3. The van der Waals surface area contributed by atoms with Gasteiger partial charge in [0.1, 0.15) is 11.9 Å². The van der Waals surface area contributed by atoms with E-state index in [4.69, 9.17) is 27.9 Å². The molecule has 0 radical (unpaired) electrons. The highest BCUT2D eigenvalue weighted by Gasteiger charge is 2.34. The van der Waals surface area contributed by atoms with Crippen LogP contribution in [0.3, 0.4) is 0 Å². The normalized spacial score (nSPS) is 13.0. The Morgan fingerprint density at radius 1 is 1.05 bits per heavy atom. The minimum atomic E-state index is -4.40. The minimum Gasteiger partial charge on any atom is -0.505 e. The first-order valence-corrected chi connectivity index (χ1v) is 6.98. The summed E-state index contributed by atoms with van der Waals surface area (Å²) in [4.78, 5) is 0. The third-order valence-corrected chi connectivity index (χ3v) is 3.43. The highest BCUT2D eigenvalue weighted by molar-refractivity contribution is 6.37. The summed E-state index contributed by atoms with van der Waals surface area (Å²) in [6.07, 6.45) is -6.80. The lowest BCUT2D eigenvalue weighted by Crippen LogP contribution is -2.18. The number of ether oxygens (including phenoxy) is 1. The van der Waals surface area contributed by atoms with Crippen molar-refractivity contribution in [3.05, 3.63) is 58.1 Å². The molecule has 0 heterocycles. The summed E-state index contributed by atoms with van der Waals surface area (Å²) in [5.41, 5.74) is 0.375. The summed E-state index contributed by atoms with van der Waals surface area (Å²) < 4.78 is 43.6. The van der Waals surface area contributed by atoms with Gasteiger partial charge in [0.15, 0.2) is 5.75 Å². The van der Waals surface area contributed by atoms with Crippen LogP contribution in [0.15, 0.2) is 42.5 Å². The fourth-order valence-corrected chi connectivity index (χ4v) is 2.35. The highest BCUT2D eigenvalue weighted by Crippen LogP contribution is 2.39. The van der Waals surface area contributed by atoms with Gasteiger partial charge in [-0.2, -0.15) is 13.2 Å². The van der Waals surface area contributed by atoms with Crippen molar-refractivity contribution in [3.8, 4) is 11.5 Å². The van der Waals surface area contributed by atoms with E-state index in [2.05, 4.69) is 0 Å². The molecule has 22 heavy (non-hydrogen) atoms. The number of benzene rings is 2. The molecule has 0 saturated heterocycles. The Bertz CT molecular complexity index is 622. The number of aromatic hydroxyl groups is 1. The molecule has 0 amide bonds. The van der Waals surface area contributed by atoms with Crippen molar-refractivity contribution in [2.45, 2.75) is 18.7 Å². The van der Waals surface area contributed by atoms with Crippen molar-refractivity contribution in [2.24, 2.45) is 0 Å². The first-order valence-electron chi connectivity index (χ1n) is 6.22. The second-order valence-corrected chi connectivity index (χ2v) is 5.39. The summed E-state index contributed by atoms with van der Waals surface area (Å²) in [5, 5.41) is 9.28. The maximum absolute atomic E-state index is 12.7. The predicted molar refractivity (Wildman–Crippen MR) is 78.6 cm³/mol. The first-order chi connectivity index (χ1) is 10.3. The number of halogens is 5. The first kappa shape index (κ1) is 16.8. The number of alkyl halides is 3. The van der Waals surface area contributed by atoms with Crippen molar-refractivity contribution >= 4 is 23.2 Å². The van der Waals surface area contributed by atoms with Crippen molar-refractivity contribution in [2.75, 3.05) is 0 Å². The van der Waals surface area contributed by atoms with Crippen LogP contribution in [0.1, 0.15) is 18.1 Å². The molecule has 2 nitrogen and oxygen atoms in total. The fourth-order valence-electron chi connectivity index (χ4n) is 1.88. The second kappa shape index (κ2) is 6.67. The van der Waals surface area contributed by atoms with Gasteiger partial charge in [-0.1, -0.05) is 53.5 Å². The Balaban J connectivity index is 2.31. The average Bonchev–Trinajstić information content (AvgIpc) is 2.43. The topological polar surface area (TPSA) is 29.5 Å². The molecular formula is C15H11Cl2F3O2. The number of phenolic OH excluding ortho intramolecular Hbond substituents is 1. The van der Waals surface area contributed by atoms with Crippen molar-refractivity contribution in [3.63, 3.8) is 0 Å². The lowest BCUT2D eigenvalue weighted by atomic mass is 10.1. The molecule has 0 spiro atoms. The van der Waals surface area contributed by atoms with Gasteiger partial charge >= 0.3 is 6.18 Å². The molecule has 0 aliphatic rings. The van der Waals surface area contributed by atoms with Gasteiger partial charge in [-0.3, -0.25) is 0 Å². The van der Waals surface area contributed by atoms with Gasteiger partial charge in [-0.15, -0.1) is 0 Å². The van der Waals surface area contributed by atoms with Crippen LogP contribution in [0.4, 0.5) is 13.2 Å². The van der Waals surface area contributed by atoms with E-state index in [1.165, 1.54) is 12.1 Å². The zero-order valence-electron chi connectivity index (χ0n) is 11.1. The Labute approximate surface area is 135 Å². The summed E-state index contributed by atoms with van der Waals surface area (Å²) in [6, 6.07) is 10.5. The van der Waals surface area contributed by atoms with Crippen LogP contribution in [-0.2, 0) is 0 Å². The molecule has 0 aliphatic heterocycles. The Morgan fingerprint density at radius 2 is 1.59 bits per heavy atom. The number of hydrogen-bond acceptors (Lipinski definition) is 2. The van der Waals surface area contributed by atoms with E-state index in [0.717, 1.165) is 0 Å². The SMILES string of the molecule is Oc1c(Cl)cc(OC(CC(F)(F)F)c2ccccc2)cc1Cl. The van der Waals surface area contributed by atoms with E-state index >= 15 is 0 Å². The summed E-state index contributed by atoms with van der Waals surface area (Å²) >= 11 is 11.5. The summed E-state index contributed by atoms with van der Waals surface area (Å²) in [7, 11) is 0. The molecule has 1 atom stereocenters. The zero-order valence-corrected chi connectivity index (χ0v) is 12.6. The third-order valence-electron chi connectivity index (χ3n) is 2.86. The number of rotatable bonds is 4. The lowest BCUT2D eigenvalue weighted by molar-refractivity contribution is -0.151. The van der Waals surface area contributed by atoms with Gasteiger partial charge in [0.2, 0.25) is 0 Å². The highest BCUT2D eigenvalue weighted by atomic mass is 35.5. The van der Waals surface area contributed by atoms with Crippen LogP contribution in [-0.4, -0.2) is 11.3 Å². The Kier molecular flexibility index (Phi) is 5.08. The van der Waals surface area contributed by atoms with E-state index in [1.807, 2.05) is 0 Å². The Hall–Kier alpha value is -1.59. The molecule has 0 aliphatic carbocycles.